The van der Waals surface area contributed by atoms with Gasteiger partial charge in [0.2, 0.25) is 0 Å². The van der Waals surface area contributed by atoms with Gasteiger partial charge in [-0.15, -0.1) is 0 Å². The smallest absolute Gasteiger partial charge is 0.408 e. The van der Waals surface area contributed by atoms with Gasteiger partial charge in [-0.3, -0.25) is 4.98 Å². The number of hydrogen-bond donors (Lipinski definition) is 4. The Labute approximate surface area is 109 Å². The summed E-state index contributed by atoms with van der Waals surface area (Å²) < 4.78 is 10.1. The minimum absolute atomic E-state index is 0.0326. The number of nitrogen functional groups attached to an aromatic ring is 1. The second-order valence-corrected chi connectivity index (χ2v) is 4.07. The zero-order valence-electron chi connectivity index (χ0n) is 10.4. The molecule has 0 radical (unpaired) electrons. The topological polar surface area (TPSA) is 114 Å². The fourth-order valence-corrected chi connectivity index (χ4v) is 1.73. The molecule has 0 saturated heterocycles. The van der Waals surface area contributed by atoms with Crippen LogP contribution in [0.4, 0.5) is 11.4 Å². The van der Waals surface area contributed by atoms with Gasteiger partial charge in [-0.1, -0.05) is 0 Å². The molecule has 1 heterocycles. The molecule has 2 rings (SSSR count). The fourth-order valence-electron chi connectivity index (χ4n) is 1.73. The van der Waals surface area contributed by atoms with Crippen molar-refractivity contribution < 1.29 is 14.3 Å². The summed E-state index contributed by atoms with van der Waals surface area (Å²) in [5.74, 6) is -0.496. The van der Waals surface area contributed by atoms with Crippen molar-refractivity contribution in [3.8, 4) is 0 Å². The minimum atomic E-state index is -0.496. The van der Waals surface area contributed by atoms with Crippen molar-refractivity contribution in [3.63, 3.8) is 0 Å². The summed E-state index contributed by atoms with van der Waals surface area (Å²) in [6, 6.07) is 3.35. The highest BCUT2D eigenvalue weighted by Gasteiger charge is 2.06. The number of aliphatic hydroxyl groups is 1. The molecule has 0 bridgehead atoms. The molecule has 0 aliphatic rings. The number of nitrogens with two attached hydrogens (primary N) is 1. The molecule has 19 heavy (non-hydrogen) atoms. The number of H-pyrrole nitrogens is 1. The van der Waals surface area contributed by atoms with E-state index in [-0.39, 0.29) is 6.61 Å². The van der Waals surface area contributed by atoms with Crippen molar-refractivity contribution in [1.29, 1.82) is 0 Å². The highest BCUT2D eigenvalue weighted by molar-refractivity contribution is 5.85. The number of oxazole rings is 1. The van der Waals surface area contributed by atoms with Crippen molar-refractivity contribution in [1.82, 2.24) is 4.98 Å². The van der Waals surface area contributed by atoms with E-state index < -0.39 is 5.76 Å². The van der Waals surface area contributed by atoms with Crippen molar-refractivity contribution in [2.45, 2.75) is 6.42 Å². The lowest BCUT2D eigenvalue weighted by molar-refractivity contribution is 0.0922. The second kappa shape index (κ2) is 6.26. The summed E-state index contributed by atoms with van der Waals surface area (Å²) in [5, 5.41) is 11.7. The van der Waals surface area contributed by atoms with Gasteiger partial charge in [0.05, 0.1) is 30.1 Å². The van der Waals surface area contributed by atoms with Crippen LogP contribution in [-0.4, -0.2) is 36.5 Å². The monoisotopic (exact) mass is 267 g/mol. The Morgan fingerprint density at radius 2 is 2.26 bits per heavy atom. The highest BCUT2D eigenvalue weighted by atomic mass is 16.5. The molecule has 1 aromatic carbocycles. The second-order valence-electron chi connectivity index (χ2n) is 4.07. The van der Waals surface area contributed by atoms with Crippen LogP contribution in [0.1, 0.15) is 6.42 Å². The van der Waals surface area contributed by atoms with Crippen LogP contribution in [0.15, 0.2) is 21.3 Å². The number of rotatable bonds is 7. The summed E-state index contributed by atoms with van der Waals surface area (Å²) in [7, 11) is 0. The molecule has 5 N–H and O–H groups in total. The molecular weight excluding hydrogens is 250 g/mol. The third-order valence-corrected chi connectivity index (χ3v) is 2.61. The van der Waals surface area contributed by atoms with E-state index in [2.05, 4.69) is 10.3 Å². The summed E-state index contributed by atoms with van der Waals surface area (Å²) in [5.41, 5.74) is 8.17. The third kappa shape index (κ3) is 3.49. The van der Waals surface area contributed by atoms with Crippen LogP contribution in [0, 0.1) is 0 Å². The van der Waals surface area contributed by atoms with E-state index in [1.807, 2.05) is 0 Å². The Hall–Kier alpha value is -1.99. The van der Waals surface area contributed by atoms with Gasteiger partial charge in [0.15, 0.2) is 5.58 Å². The Morgan fingerprint density at radius 1 is 1.42 bits per heavy atom. The molecular formula is C12H17N3O4. The Bertz CT molecular complexity index is 590. The van der Waals surface area contributed by atoms with Gasteiger partial charge in [0.1, 0.15) is 0 Å². The van der Waals surface area contributed by atoms with E-state index in [1.54, 1.807) is 12.1 Å². The molecule has 1 aromatic heterocycles. The molecule has 2 aromatic rings. The van der Waals surface area contributed by atoms with Crippen LogP contribution >= 0.6 is 0 Å². The van der Waals surface area contributed by atoms with Gasteiger partial charge in [-0.25, -0.2) is 4.79 Å². The predicted octanol–water partition coefficient (Wildman–Crippen LogP) is 0.514. The van der Waals surface area contributed by atoms with Crippen molar-refractivity contribution in [2.75, 3.05) is 37.4 Å². The van der Waals surface area contributed by atoms with E-state index in [9.17, 15) is 4.79 Å². The van der Waals surface area contributed by atoms with Gasteiger partial charge >= 0.3 is 5.76 Å². The number of aromatic amines is 1. The molecule has 0 spiro atoms. The largest absolute Gasteiger partial charge is 0.417 e. The standard InChI is InChI=1S/C12H17N3O4/c13-8-6-11-10(15-12(17)19-11)7-9(8)14-2-1-4-18-5-3-16/h6-7,14,16H,1-5,13H2,(H,15,17). The van der Waals surface area contributed by atoms with E-state index in [0.29, 0.717) is 36.5 Å². The number of nitrogens with one attached hydrogen (secondary N) is 2. The van der Waals surface area contributed by atoms with Gasteiger partial charge in [0, 0.05) is 19.2 Å². The zero-order chi connectivity index (χ0) is 13.7. The van der Waals surface area contributed by atoms with Gasteiger partial charge in [-0.05, 0) is 12.5 Å². The number of fused-ring (bicyclic) bond motifs is 1. The van der Waals surface area contributed by atoms with Crippen LogP contribution in [0.3, 0.4) is 0 Å². The number of benzene rings is 1. The number of hydrogen-bond acceptors (Lipinski definition) is 6. The average Bonchev–Trinajstić information content (AvgIpc) is 2.72. The lowest BCUT2D eigenvalue weighted by Crippen LogP contribution is -2.08. The Balaban J connectivity index is 1.92. The first kappa shape index (κ1) is 13.4. The van der Waals surface area contributed by atoms with Crippen LogP contribution in [-0.2, 0) is 4.74 Å². The van der Waals surface area contributed by atoms with Gasteiger partial charge in [0.25, 0.3) is 0 Å². The number of aromatic nitrogens is 1. The summed E-state index contributed by atoms with van der Waals surface area (Å²) in [6.07, 6.45) is 0.791. The molecule has 0 aliphatic carbocycles. The molecule has 0 unspecified atom stereocenters. The minimum Gasteiger partial charge on any atom is -0.408 e. The molecule has 7 heteroatoms. The summed E-state index contributed by atoms with van der Waals surface area (Å²) in [6.45, 7) is 1.64. The molecule has 7 nitrogen and oxygen atoms in total. The van der Waals surface area contributed by atoms with E-state index >= 15 is 0 Å². The van der Waals surface area contributed by atoms with Crippen molar-refractivity contribution >= 4 is 22.5 Å². The average molecular weight is 267 g/mol. The van der Waals surface area contributed by atoms with Crippen LogP contribution in [0.25, 0.3) is 11.1 Å². The summed E-state index contributed by atoms with van der Waals surface area (Å²) in [4.78, 5) is 13.6. The van der Waals surface area contributed by atoms with Gasteiger partial charge < -0.3 is 25.3 Å². The van der Waals surface area contributed by atoms with Crippen LogP contribution < -0.4 is 16.8 Å². The number of anilines is 2. The maximum absolute atomic E-state index is 11.1. The molecule has 104 valence electrons. The first-order chi connectivity index (χ1) is 9.20. The maximum atomic E-state index is 11.1. The van der Waals surface area contributed by atoms with Crippen molar-refractivity contribution in [3.05, 3.63) is 22.7 Å². The number of aliphatic hydroxyl groups excluding tert-OH is 1. The fraction of sp³-hybridized carbons (Fsp3) is 0.417. The predicted molar refractivity (Wildman–Crippen MR) is 72.3 cm³/mol. The summed E-state index contributed by atoms with van der Waals surface area (Å²) >= 11 is 0. The molecule has 0 amide bonds. The molecule has 0 aliphatic heterocycles. The van der Waals surface area contributed by atoms with Crippen molar-refractivity contribution in [2.24, 2.45) is 0 Å². The van der Waals surface area contributed by atoms with Gasteiger partial charge in [-0.2, -0.15) is 0 Å². The highest BCUT2D eigenvalue weighted by Crippen LogP contribution is 2.24. The zero-order valence-corrected chi connectivity index (χ0v) is 10.4. The SMILES string of the molecule is Nc1cc2oc(=O)[nH]c2cc1NCCCOCCO. The molecule has 0 atom stereocenters. The van der Waals surface area contributed by atoms with E-state index in [1.165, 1.54) is 0 Å². The lowest BCUT2D eigenvalue weighted by Gasteiger charge is -2.09. The van der Waals surface area contributed by atoms with Crippen LogP contribution in [0.2, 0.25) is 0 Å². The first-order valence-electron chi connectivity index (χ1n) is 6.05. The molecule has 0 saturated carbocycles. The van der Waals surface area contributed by atoms with E-state index in [0.717, 1.165) is 12.1 Å². The molecule has 0 fully saturated rings. The quantitative estimate of drug-likeness (QED) is 0.429. The van der Waals surface area contributed by atoms with Crippen LogP contribution in [0.5, 0.6) is 0 Å². The Morgan fingerprint density at radius 3 is 3.05 bits per heavy atom. The first-order valence-corrected chi connectivity index (χ1v) is 6.05. The number of ether oxygens (including phenoxy) is 1. The van der Waals surface area contributed by atoms with E-state index in [4.69, 9.17) is 20.0 Å². The maximum Gasteiger partial charge on any atom is 0.417 e. The lowest BCUT2D eigenvalue weighted by atomic mass is 10.2. The Kier molecular flexibility index (Phi) is 4.43. The normalized spacial score (nSPS) is 11.0. The third-order valence-electron chi connectivity index (χ3n) is 2.61.